The molecule has 0 heterocycles. The van der Waals surface area contributed by atoms with Crippen molar-refractivity contribution in [3.63, 3.8) is 0 Å². The molecule has 1 aliphatic carbocycles. The van der Waals surface area contributed by atoms with Crippen LogP contribution in [0.1, 0.15) is 85.2 Å². The van der Waals surface area contributed by atoms with E-state index in [0.29, 0.717) is 43.2 Å². The van der Waals surface area contributed by atoms with E-state index in [9.17, 15) is 9.59 Å². The third kappa shape index (κ3) is 3.56. The summed E-state index contributed by atoms with van der Waals surface area (Å²) in [6.45, 7) is 7.81. The first-order valence-electron chi connectivity index (χ1n) is 10.7. The summed E-state index contributed by atoms with van der Waals surface area (Å²) in [5.41, 5.74) is 16.8. The van der Waals surface area contributed by atoms with E-state index in [1.165, 1.54) is 0 Å². The normalized spacial score (nSPS) is 13.2. The lowest BCUT2D eigenvalue weighted by Crippen LogP contribution is -2.46. The topological polar surface area (TPSA) is 86.2 Å². The van der Waals surface area contributed by atoms with Gasteiger partial charge in [-0.25, -0.2) is 0 Å². The van der Waals surface area contributed by atoms with Crippen molar-refractivity contribution < 1.29 is 9.59 Å². The molecule has 0 amide bonds. The summed E-state index contributed by atoms with van der Waals surface area (Å²) >= 11 is 0. The second kappa shape index (κ2) is 7.85. The molecule has 0 atom stereocenters. The van der Waals surface area contributed by atoms with Crippen LogP contribution in [0.4, 0.5) is 0 Å². The average Bonchev–Trinajstić information content (AvgIpc) is 3.13. The van der Waals surface area contributed by atoms with Gasteiger partial charge in [0.1, 0.15) is 0 Å². The number of ketones is 2. The van der Waals surface area contributed by atoms with Crippen molar-refractivity contribution in [3.8, 4) is 11.1 Å². The third-order valence-electron chi connectivity index (χ3n) is 6.83. The molecule has 0 bridgehead atoms. The standard InChI is InChI=1S/C25H32N2O2/c1-5-24(26,6-2)22(28)16-9-11-20-18(13-16)15-19-14-17(10-12-21(19)20)23(29)25(27,7-3)8-4/h9-14H,5-8,15,26-27H2,1-4H3. The summed E-state index contributed by atoms with van der Waals surface area (Å²) in [6.07, 6.45) is 3.15. The Morgan fingerprint density at radius 2 is 1.07 bits per heavy atom. The largest absolute Gasteiger partial charge is 0.319 e. The van der Waals surface area contributed by atoms with Gasteiger partial charge in [-0.3, -0.25) is 9.59 Å². The molecule has 0 aromatic heterocycles. The molecule has 29 heavy (non-hydrogen) atoms. The van der Waals surface area contributed by atoms with Crippen molar-refractivity contribution in [2.24, 2.45) is 11.5 Å². The summed E-state index contributed by atoms with van der Waals surface area (Å²) in [7, 11) is 0. The zero-order valence-corrected chi connectivity index (χ0v) is 18.0. The lowest BCUT2D eigenvalue weighted by atomic mass is 9.84. The van der Waals surface area contributed by atoms with Gasteiger partial charge in [0, 0.05) is 11.1 Å². The number of carbonyl (C=O) groups is 2. The van der Waals surface area contributed by atoms with Crippen molar-refractivity contribution in [3.05, 3.63) is 58.7 Å². The first kappa shape index (κ1) is 21.4. The smallest absolute Gasteiger partial charge is 0.182 e. The first-order valence-corrected chi connectivity index (χ1v) is 10.7. The van der Waals surface area contributed by atoms with Crippen molar-refractivity contribution in [1.82, 2.24) is 0 Å². The fourth-order valence-electron chi connectivity index (χ4n) is 4.21. The molecule has 1 aliphatic rings. The van der Waals surface area contributed by atoms with Gasteiger partial charge in [-0.15, -0.1) is 0 Å². The minimum Gasteiger partial charge on any atom is -0.319 e. The number of fused-ring (bicyclic) bond motifs is 3. The number of carbonyl (C=O) groups excluding carboxylic acids is 2. The second-order valence-corrected chi connectivity index (χ2v) is 8.31. The summed E-state index contributed by atoms with van der Waals surface area (Å²) in [6, 6.07) is 11.7. The van der Waals surface area contributed by atoms with Gasteiger partial charge in [-0.2, -0.15) is 0 Å². The van der Waals surface area contributed by atoms with Crippen molar-refractivity contribution >= 4 is 11.6 Å². The Hall–Kier alpha value is -2.30. The van der Waals surface area contributed by atoms with Crippen LogP contribution in [0.2, 0.25) is 0 Å². The van der Waals surface area contributed by atoms with Gasteiger partial charge >= 0.3 is 0 Å². The number of Topliss-reactive ketones (excluding diaryl/α,β-unsaturated/α-hetero) is 2. The monoisotopic (exact) mass is 392 g/mol. The maximum Gasteiger partial charge on any atom is 0.182 e. The average molecular weight is 393 g/mol. The Balaban J connectivity index is 1.93. The Morgan fingerprint density at radius 1 is 0.724 bits per heavy atom. The van der Waals surface area contributed by atoms with E-state index < -0.39 is 11.1 Å². The van der Waals surface area contributed by atoms with Crippen LogP contribution >= 0.6 is 0 Å². The molecule has 0 spiro atoms. The minimum atomic E-state index is -0.815. The lowest BCUT2D eigenvalue weighted by Gasteiger charge is -2.25. The van der Waals surface area contributed by atoms with Crippen LogP contribution in [0.5, 0.6) is 0 Å². The summed E-state index contributed by atoms with van der Waals surface area (Å²) in [4.78, 5) is 25.9. The van der Waals surface area contributed by atoms with Crippen molar-refractivity contribution in [1.29, 1.82) is 0 Å². The molecule has 4 N–H and O–H groups in total. The summed E-state index contributed by atoms with van der Waals surface area (Å²) in [5.74, 6) is -0.00754. The third-order valence-corrected chi connectivity index (χ3v) is 6.83. The highest BCUT2D eigenvalue weighted by Crippen LogP contribution is 2.38. The van der Waals surface area contributed by atoms with Crippen LogP contribution in [0, 0.1) is 0 Å². The number of hydrogen-bond acceptors (Lipinski definition) is 4. The van der Waals surface area contributed by atoms with E-state index in [2.05, 4.69) is 0 Å². The summed E-state index contributed by atoms with van der Waals surface area (Å²) < 4.78 is 0. The quantitative estimate of drug-likeness (QED) is 0.546. The fraction of sp³-hybridized carbons (Fsp3) is 0.440. The van der Waals surface area contributed by atoms with Gasteiger partial charge in [0.15, 0.2) is 11.6 Å². The van der Waals surface area contributed by atoms with Crippen LogP contribution in [0.3, 0.4) is 0 Å². The second-order valence-electron chi connectivity index (χ2n) is 8.31. The molecule has 4 nitrogen and oxygen atoms in total. The first-order chi connectivity index (χ1) is 13.7. The molecule has 154 valence electrons. The zero-order chi connectivity index (χ0) is 21.4. The Morgan fingerprint density at radius 3 is 1.38 bits per heavy atom. The van der Waals surface area contributed by atoms with E-state index in [4.69, 9.17) is 11.5 Å². The Kier molecular flexibility index (Phi) is 5.79. The molecular weight excluding hydrogens is 360 g/mol. The predicted molar refractivity (Wildman–Crippen MR) is 118 cm³/mol. The van der Waals surface area contributed by atoms with E-state index in [1.807, 2.05) is 64.1 Å². The Labute approximate surface area is 173 Å². The van der Waals surface area contributed by atoms with Crippen LogP contribution in [-0.2, 0) is 6.42 Å². The maximum atomic E-state index is 12.9. The van der Waals surface area contributed by atoms with E-state index in [1.54, 1.807) is 0 Å². The number of hydrogen-bond donors (Lipinski definition) is 2. The maximum absolute atomic E-state index is 12.9. The molecule has 0 fully saturated rings. The van der Waals surface area contributed by atoms with Gasteiger partial charge in [-0.05, 0) is 66.5 Å². The number of benzene rings is 2. The van der Waals surface area contributed by atoms with Crippen LogP contribution in [-0.4, -0.2) is 22.6 Å². The minimum absolute atomic E-state index is 0.00377. The SMILES string of the molecule is CCC(N)(CC)C(=O)c1ccc2c(c1)Cc1cc(C(=O)C(N)(CC)CC)ccc1-2. The number of nitrogens with two attached hydrogens (primary N) is 2. The highest BCUT2D eigenvalue weighted by atomic mass is 16.1. The fourth-order valence-corrected chi connectivity index (χ4v) is 4.21. The lowest BCUT2D eigenvalue weighted by molar-refractivity contribution is 0.0873. The van der Waals surface area contributed by atoms with Crippen LogP contribution in [0.25, 0.3) is 11.1 Å². The highest BCUT2D eigenvalue weighted by molar-refractivity contribution is 6.05. The van der Waals surface area contributed by atoms with Crippen molar-refractivity contribution in [2.75, 3.05) is 0 Å². The molecule has 2 aromatic rings. The zero-order valence-electron chi connectivity index (χ0n) is 18.0. The van der Waals surface area contributed by atoms with Crippen LogP contribution in [0.15, 0.2) is 36.4 Å². The molecule has 0 saturated heterocycles. The van der Waals surface area contributed by atoms with Gasteiger partial charge in [0.2, 0.25) is 0 Å². The van der Waals surface area contributed by atoms with Gasteiger partial charge in [-0.1, -0.05) is 52.0 Å². The Bertz CT molecular complexity index is 876. The highest BCUT2D eigenvalue weighted by Gasteiger charge is 2.33. The van der Waals surface area contributed by atoms with Gasteiger partial charge in [0.25, 0.3) is 0 Å². The molecular formula is C25H32N2O2. The predicted octanol–water partition coefficient (Wildman–Crippen LogP) is 4.66. The van der Waals surface area contributed by atoms with E-state index >= 15 is 0 Å². The number of rotatable bonds is 8. The van der Waals surface area contributed by atoms with Crippen LogP contribution < -0.4 is 11.5 Å². The van der Waals surface area contributed by atoms with E-state index in [0.717, 1.165) is 22.3 Å². The molecule has 0 saturated carbocycles. The van der Waals surface area contributed by atoms with Gasteiger partial charge in [0.05, 0.1) is 11.1 Å². The summed E-state index contributed by atoms with van der Waals surface area (Å²) in [5, 5.41) is 0. The molecule has 2 aromatic carbocycles. The van der Waals surface area contributed by atoms with Gasteiger partial charge < -0.3 is 11.5 Å². The molecule has 3 rings (SSSR count). The van der Waals surface area contributed by atoms with Crippen molar-refractivity contribution in [2.45, 2.75) is 70.9 Å². The molecule has 4 heteroatoms. The molecule has 0 unspecified atom stereocenters. The molecule has 0 aliphatic heterocycles. The molecule has 0 radical (unpaired) electrons. The van der Waals surface area contributed by atoms with E-state index in [-0.39, 0.29) is 11.6 Å².